The Morgan fingerprint density at radius 3 is 2.93 bits per heavy atom. The van der Waals surface area contributed by atoms with Crippen LogP contribution in [0.25, 0.3) is 0 Å². The Labute approximate surface area is 96.3 Å². The lowest BCUT2D eigenvalue weighted by Gasteiger charge is -1.93. The molecule has 0 saturated heterocycles. The van der Waals surface area contributed by atoms with Crippen LogP contribution in [-0.4, -0.2) is 15.6 Å². The molecule has 2 aromatic rings. The molecule has 15 heavy (non-hydrogen) atoms. The Balaban J connectivity index is 2.10. The fourth-order valence-corrected chi connectivity index (χ4v) is 2.28. The van der Waals surface area contributed by atoms with Gasteiger partial charge in [-0.1, -0.05) is 11.6 Å². The third-order valence-corrected chi connectivity index (χ3v) is 3.24. The van der Waals surface area contributed by atoms with Gasteiger partial charge in [-0.2, -0.15) is 5.10 Å². The van der Waals surface area contributed by atoms with Crippen LogP contribution >= 0.6 is 22.9 Å². The number of rotatable bonds is 3. The predicted octanol–water partition coefficient (Wildman–Crippen LogP) is 2.56. The molecule has 0 aliphatic carbocycles. The zero-order valence-electron chi connectivity index (χ0n) is 8.11. The summed E-state index contributed by atoms with van der Waals surface area (Å²) in [4.78, 5) is 12.4. The van der Waals surface area contributed by atoms with Gasteiger partial charge in [0.1, 0.15) is 0 Å². The number of aryl methyl sites for hydroxylation is 1. The molecule has 0 amide bonds. The van der Waals surface area contributed by atoms with Crippen molar-refractivity contribution in [3.63, 3.8) is 0 Å². The van der Waals surface area contributed by atoms with E-state index in [1.54, 1.807) is 23.0 Å². The van der Waals surface area contributed by atoms with Crippen molar-refractivity contribution in [1.82, 2.24) is 9.78 Å². The topological polar surface area (TPSA) is 34.9 Å². The van der Waals surface area contributed by atoms with Crippen LogP contribution < -0.4 is 0 Å². The van der Waals surface area contributed by atoms with E-state index < -0.39 is 0 Å². The maximum Gasteiger partial charge on any atom is 0.177 e. The minimum absolute atomic E-state index is 0.0832. The van der Waals surface area contributed by atoms with E-state index in [0.29, 0.717) is 15.6 Å². The molecule has 0 saturated carbocycles. The van der Waals surface area contributed by atoms with Gasteiger partial charge >= 0.3 is 0 Å². The van der Waals surface area contributed by atoms with Crippen molar-refractivity contribution in [2.24, 2.45) is 7.05 Å². The van der Waals surface area contributed by atoms with Crippen molar-refractivity contribution in [2.45, 2.75) is 6.42 Å². The second-order valence-electron chi connectivity index (χ2n) is 3.23. The molecular weight excluding hydrogens is 232 g/mol. The fraction of sp³-hybridized carbons (Fsp3) is 0.200. The van der Waals surface area contributed by atoms with E-state index in [1.807, 2.05) is 13.2 Å². The second-order valence-corrected chi connectivity index (χ2v) is 4.94. The standard InChI is InChI=1S/C10H9ClN2OS/c1-13-6-7(5-12-13)4-8(14)9-2-3-10(11)15-9/h2-3,5-6H,4H2,1H3. The molecule has 5 heteroatoms. The van der Waals surface area contributed by atoms with Gasteiger partial charge in [-0.15, -0.1) is 11.3 Å². The van der Waals surface area contributed by atoms with Gasteiger partial charge in [-0.3, -0.25) is 9.48 Å². The number of hydrogen-bond acceptors (Lipinski definition) is 3. The molecule has 0 N–H and O–H groups in total. The first-order chi connectivity index (χ1) is 7.15. The number of nitrogens with zero attached hydrogens (tertiary/aromatic N) is 2. The van der Waals surface area contributed by atoms with Crippen LogP contribution in [0, 0.1) is 0 Å². The highest BCUT2D eigenvalue weighted by atomic mass is 35.5. The number of carbonyl (C=O) groups excluding carboxylic acids is 1. The molecule has 0 aromatic carbocycles. The van der Waals surface area contributed by atoms with E-state index in [2.05, 4.69) is 5.10 Å². The summed E-state index contributed by atoms with van der Waals surface area (Å²) in [7, 11) is 1.83. The monoisotopic (exact) mass is 240 g/mol. The zero-order chi connectivity index (χ0) is 10.8. The first kappa shape index (κ1) is 10.4. The molecule has 0 fully saturated rings. The Hall–Kier alpha value is -1.13. The Kier molecular flexibility index (Phi) is 2.88. The highest BCUT2D eigenvalue weighted by Gasteiger charge is 2.10. The van der Waals surface area contributed by atoms with Crippen molar-refractivity contribution < 1.29 is 4.79 Å². The normalized spacial score (nSPS) is 10.5. The minimum Gasteiger partial charge on any atom is -0.293 e. The van der Waals surface area contributed by atoms with Crippen LogP contribution in [0.1, 0.15) is 15.2 Å². The van der Waals surface area contributed by atoms with Crippen molar-refractivity contribution in [1.29, 1.82) is 0 Å². The highest BCUT2D eigenvalue weighted by Crippen LogP contribution is 2.22. The summed E-state index contributed by atoms with van der Waals surface area (Å²) in [6.07, 6.45) is 3.92. The number of hydrogen-bond donors (Lipinski definition) is 0. The zero-order valence-corrected chi connectivity index (χ0v) is 9.68. The summed E-state index contributed by atoms with van der Waals surface area (Å²) in [6, 6.07) is 3.49. The van der Waals surface area contributed by atoms with Crippen LogP contribution in [0.4, 0.5) is 0 Å². The molecular formula is C10H9ClN2OS. The van der Waals surface area contributed by atoms with Crippen LogP contribution in [0.2, 0.25) is 4.34 Å². The molecule has 0 radical (unpaired) electrons. The third-order valence-electron chi connectivity index (χ3n) is 1.97. The molecule has 78 valence electrons. The van der Waals surface area contributed by atoms with Crippen molar-refractivity contribution >= 4 is 28.7 Å². The maximum absolute atomic E-state index is 11.8. The van der Waals surface area contributed by atoms with E-state index in [0.717, 1.165) is 5.56 Å². The van der Waals surface area contributed by atoms with Gasteiger partial charge in [-0.05, 0) is 17.7 Å². The first-order valence-electron chi connectivity index (χ1n) is 4.41. The molecule has 2 aromatic heterocycles. The molecule has 2 heterocycles. The average Bonchev–Trinajstić information content (AvgIpc) is 2.75. The summed E-state index contributed by atoms with van der Waals surface area (Å²) in [5.41, 5.74) is 0.923. The number of aromatic nitrogens is 2. The quantitative estimate of drug-likeness (QED) is 0.773. The van der Waals surface area contributed by atoms with Gasteiger partial charge in [0.2, 0.25) is 0 Å². The van der Waals surface area contributed by atoms with Gasteiger partial charge in [0.15, 0.2) is 5.78 Å². The summed E-state index contributed by atoms with van der Waals surface area (Å²) < 4.78 is 2.33. The number of thiophene rings is 1. The molecule has 2 rings (SSSR count). The Morgan fingerprint density at radius 2 is 2.40 bits per heavy atom. The Bertz CT molecular complexity index is 489. The van der Waals surface area contributed by atoms with Crippen LogP contribution in [0.15, 0.2) is 24.5 Å². The highest BCUT2D eigenvalue weighted by molar-refractivity contribution is 7.18. The lowest BCUT2D eigenvalue weighted by molar-refractivity contribution is 0.0997. The largest absolute Gasteiger partial charge is 0.293 e. The van der Waals surface area contributed by atoms with Gasteiger partial charge in [0.25, 0.3) is 0 Å². The summed E-state index contributed by atoms with van der Waals surface area (Å²) in [5, 5.41) is 4.01. The molecule has 3 nitrogen and oxygen atoms in total. The maximum atomic E-state index is 11.8. The summed E-state index contributed by atoms with van der Waals surface area (Å²) in [5.74, 6) is 0.0832. The third kappa shape index (κ3) is 2.46. The fourth-order valence-electron chi connectivity index (χ4n) is 1.30. The van der Waals surface area contributed by atoms with E-state index in [4.69, 9.17) is 11.6 Å². The molecule has 0 aliphatic rings. The van der Waals surface area contributed by atoms with Crippen LogP contribution in [0.5, 0.6) is 0 Å². The lowest BCUT2D eigenvalue weighted by Crippen LogP contribution is -1.99. The number of ketones is 1. The molecule has 0 bridgehead atoms. The van der Waals surface area contributed by atoms with Crippen molar-refractivity contribution in [3.05, 3.63) is 39.3 Å². The second kappa shape index (κ2) is 4.16. The summed E-state index contributed by atoms with van der Waals surface area (Å²) >= 11 is 7.07. The first-order valence-corrected chi connectivity index (χ1v) is 5.60. The van der Waals surface area contributed by atoms with E-state index in [1.165, 1.54) is 11.3 Å². The average molecular weight is 241 g/mol. The van der Waals surface area contributed by atoms with Gasteiger partial charge in [-0.25, -0.2) is 0 Å². The van der Waals surface area contributed by atoms with Gasteiger partial charge in [0.05, 0.1) is 15.4 Å². The molecule has 0 spiro atoms. The smallest absolute Gasteiger partial charge is 0.177 e. The predicted molar refractivity (Wildman–Crippen MR) is 60.6 cm³/mol. The molecule has 0 atom stereocenters. The molecule has 0 unspecified atom stereocenters. The number of Topliss-reactive ketones (excluding diaryl/α,β-unsaturated/α-hetero) is 1. The van der Waals surface area contributed by atoms with Crippen molar-refractivity contribution in [3.8, 4) is 0 Å². The summed E-state index contributed by atoms with van der Waals surface area (Å²) in [6.45, 7) is 0. The number of carbonyl (C=O) groups is 1. The van der Waals surface area contributed by atoms with E-state index in [-0.39, 0.29) is 5.78 Å². The van der Waals surface area contributed by atoms with Gasteiger partial charge in [0, 0.05) is 19.7 Å². The van der Waals surface area contributed by atoms with Crippen molar-refractivity contribution in [2.75, 3.05) is 0 Å². The lowest BCUT2D eigenvalue weighted by atomic mass is 10.1. The van der Waals surface area contributed by atoms with E-state index in [9.17, 15) is 4.79 Å². The van der Waals surface area contributed by atoms with E-state index >= 15 is 0 Å². The Morgan fingerprint density at radius 1 is 1.60 bits per heavy atom. The molecule has 0 aliphatic heterocycles. The van der Waals surface area contributed by atoms with Gasteiger partial charge < -0.3 is 0 Å². The number of halogens is 1. The van der Waals surface area contributed by atoms with Crippen LogP contribution in [0.3, 0.4) is 0 Å². The van der Waals surface area contributed by atoms with Crippen LogP contribution in [-0.2, 0) is 13.5 Å². The minimum atomic E-state index is 0.0832. The SMILES string of the molecule is Cn1cc(CC(=O)c2ccc(Cl)s2)cn1.